The van der Waals surface area contributed by atoms with E-state index < -0.39 is 0 Å². The van der Waals surface area contributed by atoms with Gasteiger partial charge in [0, 0.05) is 51.8 Å². The standard InChI is InChI=1S/C18H23N5O2/c1-11-16-14(18(25)23-8-6-22(7-9-23)12(2)24)10-15(13-4-5-13)19-17(16)21(3)20-11/h10,13H,4-9H2,1-3H3. The van der Waals surface area contributed by atoms with Crippen LogP contribution in [0.4, 0.5) is 0 Å². The molecular weight excluding hydrogens is 318 g/mol. The van der Waals surface area contributed by atoms with Crippen molar-refractivity contribution in [3.8, 4) is 0 Å². The molecule has 0 atom stereocenters. The number of hydrogen-bond acceptors (Lipinski definition) is 4. The van der Waals surface area contributed by atoms with Crippen LogP contribution in [0.3, 0.4) is 0 Å². The van der Waals surface area contributed by atoms with Crippen LogP contribution >= 0.6 is 0 Å². The molecule has 2 aromatic heterocycles. The van der Waals surface area contributed by atoms with Crippen LogP contribution in [0.5, 0.6) is 0 Å². The minimum Gasteiger partial charge on any atom is -0.339 e. The second kappa shape index (κ2) is 5.82. The summed E-state index contributed by atoms with van der Waals surface area (Å²) in [6.07, 6.45) is 2.28. The van der Waals surface area contributed by atoms with Crippen molar-refractivity contribution >= 4 is 22.8 Å². The number of aryl methyl sites for hydroxylation is 2. The molecule has 0 spiro atoms. The van der Waals surface area contributed by atoms with Gasteiger partial charge in [-0.2, -0.15) is 5.10 Å². The molecule has 132 valence electrons. The highest BCUT2D eigenvalue weighted by Gasteiger charge is 2.30. The SMILES string of the molecule is CC(=O)N1CCN(C(=O)c2cc(C3CC3)nc3c2c(C)nn3C)CC1. The van der Waals surface area contributed by atoms with E-state index in [1.54, 1.807) is 16.5 Å². The number of piperazine rings is 1. The third-order valence-corrected chi connectivity index (χ3v) is 5.23. The molecule has 4 rings (SSSR count). The molecule has 7 nitrogen and oxygen atoms in total. The Morgan fingerprint density at radius 2 is 1.76 bits per heavy atom. The molecule has 2 aliphatic rings. The van der Waals surface area contributed by atoms with E-state index in [9.17, 15) is 9.59 Å². The van der Waals surface area contributed by atoms with Gasteiger partial charge in [-0.25, -0.2) is 4.98 Å². The van der Waals surface area contributed by atoms with Crippen molar-refractivity contribution in [2.24, 2.45) is 7.05 Å². The molecule has 2 fully saturated rings. The molecule has 0 N–H and O–H groups in total. The number of pyridine rings is 1. The molecule has 2 aromatic rings. The van der Waals surface area contributed by atoms with Gasteiger partial charge in [-0.1, -0.05) is 0 Å². The summed E-state index contributed by atoms with van der Waals surface area (Å²) in [5.74, 6) is 0.562. The molecule has 3 heterocycles. The van der Waals surface area contributed by atoms with Crippen molar-refractivity contribution in [2.75, 3.05) is 26.2 Å². The van der Waals surface area contributed by atoms with Crippen LogP contribution in [0.1, 0.15) is 47.4 Å². The van der Waals surface area contributed by atoms with Gasteiger partial charge in [0.2, 0.25) is 5.91 Å². The van der Waals surface area contributed by atoms with Crippen molar-refractivity contribution in [1.82, 2.24) is 24.6 Å². The van der Waals surface area contributed by atoms with Gasteiger partial charge < -0.3 is 9.80 Å². The number of fused-ring (bicyclic) bond motifs is 1. The normalized spacial score (nSPS) is 18.0. The molecule has 7 heteroatoms. The summed E-state index contributed by atoms with van der Waals surface area (Å²) >= 11 is 0. The first-order valence-corrected chi connectivity index (χ1v) is 8.84. The number of nitrogens with zero attached hydrogens (tertiary/aromatic N) is 5. The van der Waals surface area contributed by atoms with Crippen molar-refractivity contribution in [3.05, 3.63) is 23.0 Å². The maximum Gasteiger partial charge on any atom is 0.254 e. The van der Waals surface area contributed by atoms with Crippen LogP contribution in [0, 0.1) is 6.92 Å². The summed E-state index contributed by atoms with van der Waals surface area (Å²) in [6, 6.07) is 1.97. The molecule has 0 aromatic carbocycles. The van der Waals surface area contributed by atoms with E-state index in [2.05, 4.69) is 5.10 Å². The molecule has 0 unspecified atom stereocenters. The Hall–Kier alpha value is -2.44. The Balaban J connectivity index is 1.70. The molecule has 0 radical (unpaired) electrons. The Labute approximate surface area is 146 Å². The molecular formula is C18H23N5O2. The first kappa shape index (κ1) is 16.1. The van der Waals surface area contributed by atoms with Crippen LogP contribution in [0.25, 0.3) is 11.0 Å². The number of rotatable bonds is 2. The van der Waals surface area contributed by atoms with Gasteiger partial charge >= 0.3 is 0 Å². The van der Waals surface area contributed by atoms with Crippen LogP contribution in [-0.2, 0) is 11.8 Å². The van der Waals surface area contributed by atoms with Crippen LogP contribution in [0.15, 0.2) is 6.07 Å². The second-order valence-corrected chi connectivity index (χ2v) is 7.07. The van der Waals surface area contributed by atoms with E-state index in [1.165, 1.54) is 0 Å². The largest absolute Gasteiger partial charge is 0.339 e. The lowest BCUT2D eigenvalue weighted by Gasteiger charge is -2.34. The van der Waals surface area contributed by atoms with E-state index in [4.69, 9.17) is 4.98 Å². The van der Waals surface area contributed by atoms with E-state index in [0.29, 0.717) is 37.7 Å². The third kappa shape index (κ3) is 2.77. The van der Waals surface area contributed by atoms with Gasteiger partial charge in [0.1, 0.15) is 0 Å². The molecule has 2 amide bonds. The lowest BCUT2D eigenvalue weighted by Crippen LogP contribution is -2.50. The maximum atomic E-state index is 13.2. The Morgan fingerprint density at radius 1 is 1.12 bits per heavy atom. The summed E-state index contributed by atoms with van der Waals surface area (Å²) in [5.41, 5.74) is 3.32. The Bertz CT molecular complexity index is 860. The van der Waals surface area contributed by atoms with Gasteiger partial charge in [-0.05, 0) is 25.8 Å². The smallest absolute Gasteiger partial charge is 0.254 e. The second-order valence-electron chi connectivity index (χ2n) is 7.07. The van der Waals surface area contributed by atoms with Crippen molar-refractivity contribution < 1.29 is 9.59 Å². The Morgan fingerprint density at radius 3 is 2.36 bits per heavy atom. The number of carbonyl (C=O) groups is 2. The van der Waals surface area contributed by atoms with Gasteiger partial charge in [0.15, 0.2) is 5.65 Å². The lowest BCUT2D eigenvalue weighted by atomic mass is 10.1. The van der Waals surface area contributed by atoms with Gasteiger partial charge in [0.25, 0.3) is 5.91 Å². The first-order chi connectivity index (χ1) is 12.0. The average molecular weight is 341 g/mol. The first-order valence-electron chi connectivity index (χ1n) is 8.84. The zero-order valence-electron chi connectivity index (χ0n) is 14.9. The van der Waals surface area contributed by atoms with Crippen molar-refractivity contribution in [3.63, 3.8) is 0 Å². The zero-order valence-corrected chi connectivity index (χ0v) is 14.9. The highest BCUT2D eigenvalue weighted by atomic mass is 16.2. The fraction of sp³-hybridized carbons (Fsp3) is 0.556. The zero-order chi connectivity index (χ0) is 17.7. The van der Waals surface area contributed by atoms with Gasteiger partial charge in [-0.15, -0.1) is 0 Å². The van der Waals surface area contributed by atoms with Crippen molar-refractivity contribution in [1.29, 1.82) is 0 Å². The topological polar surface area (TPSA) is 71.3 Å². The highest BCUT2D eigenvalue weighted by molar-refractivity contribution is 6.06. The molecule has 1 aliphatic heterocycles. The third-order valence-electron chi connectivity index (χ3n) is 5.23. The van der Waals surface area contributed by atoms with E-state index >= 15 is 0 Å². The number of carbonyl (C=O) groups excluding carboxylic acids is 2. The maximum absolute atomic E-state index is 13.2. The fourth-order valence-electron chi connectivity index (χ4n) is 3.62. The van der Waals surface area contributed by atoms with Crippen LogP contribution < -0.4 is 0 Å². The highest BCUT2D eigenvalue weighted by Crippen LogP contribution is 2.40. The molecule has 25 heavy (non-hydrogen) atoms. The summed E-state index contributed by atoms with van der Waals surface area (Å²) in [5, 5.41) is 5.32. The lowest BCUT2D eigenvalue weighted by molar-refractivity contribution is -0.130. The summed E-state index contributed by atoms with van der Waals surface area (Å²) in [7, 11) is 1.87. The minimum atomic E-state index is 0.0219. The predicted molar refractivity (Wildman–Crippen MR) is 93.4 cm³/mol. The van der Waals surface area contributed by atoms with Gasteiger partial charge in [0.05, 0.1) is 16.6 Å². The molecule has 0 bridgehead atoms. The number of hydrogen-bond donors (Lipinski definition) is 0. The van der Waals surface area contributed by atoms with Gasteiger partial charge in [-0.3, -0.25) is 14.3 Å². The number of aromatic nitrogens is 3. The molecule has 1 saturated heterocycles. The average Bonchev–Trinajstić information content (AvgIpc) is 3.41. The molecule has 1 aliphatic carbocycles. The minimum absolute atomic E-state index is 0.0219. The van der Waals surface area contributed by atoms with E-state index in [-0.39, 0.29) is 11.8 Å². The summed E-state index contributed by atoms with van der Waals surface area (Å²) in [6.45, 7) is 5.82. The summed E-state index contributed by atoms with van der Waals surface area (Å²) in [4.78, 5) is 33.1. The number of amides is 2. The van der Waals surface area contributed by atoms with E-state index in [1.807, 2.05) is 24.9 Å². The van der Waals surface area contributed by atoms with E-state index in [0.717, 1.165) is 35.3 Å². The molecule has 1 saturated carbocycles. The monoisotopic (exact) mass is 341 g/mol. The fourth-order valence-corrected chi connectivity index (χ4v) is 3.62. The quantitative estimate of drug-likeness (QED) is 0.829. The van der Waals surface area contributed by atoms with Crippen LogP contribution in [-0.4, -0.2) is 62.6 Å². The van der Waals surface area contributed by atoms with Crippen LogP contribution in [0.2, 0.25) is 0 Å². The predicted octanol–water partition coefficient (Wildman–Crippen LogP) is 1.46. The van der Waals surface area contributed by atoms with Crippen molar-refractivity contribution in [2.45, 2.75) is 32.6 Å². The summed E-state index contributed by atoms with van der Waals surface area (Å²) < 4.78 is 1.76. The Kier molecular flexibility index (Phi) is 3.74.